The third-order valence-corrected chi connectivity index (χ3v) is 4.81. The largest absolute Gasteiger partial charge is 1.00 e. The van der Waals surface area contributed by atoms with Crippen molar-refractivity contribution < 1.29 is 42.5 Å². The predicted octanol–water partition coefficient (Wildman–Crippen LogP) is 0.777. The first-order valence-corrected chi connectivity index (χ1v) is 10.0. The van der Waals surface area contributed by atoms with Gasteiger partial charge in [0.2, 0.25) is 0 Å². The SMILES string of the molecule is CCCCCCCCCCCC(CCS(=O)(=O)[O-])N(C)C.[Na+]. The molecule has 0 aliphatic rings. The van der Waals surface area contributed by atoms with Gasteiger partial charge in [0.25, 0.3) is 0 Å². The molecule has 0 heterocycles. The molecule has 0 aromatic heterocycles. The molecule has 0 N–H and O–H groups in total. The van der Waals surface area contributed by atoms with Crippen LogP contribution in [0.2, 0.25) is 0 Å². The van der Waals surface area contributed by atoms with E-state index >= 15 is 0 Å². The Balaban J connectivity index is 0. The topological polar surface area (TPSA) is 60.4 Å². The quantitative estimate of drug-likeness (QED) is 0.266. The van der Waals surface area contributed by atoms with Gasteiger partial charge in [-0.05, 0) is 26.9 Å². The summed E-state index contributed by atoms with van der Waals surface area (Å²) in [6, 6.07) is 0.207. The van der Waals surface area contributed by atoms with Gasteiger partial charge in [-0.15, -0.1) is 0 Å². The molecule has 0 aliphatic heterocycles. The molecule has 0 aromatic carbocycles. The molecule has 4 nitrogen and oxygen atoms in total. The van der Waals surface area contributed by atoms with E-state index in [1.165, 1.54) is 51.4 Å². The Hall–Kier alpha value is 0.870. The summed E-state index contributed by atoms with van der Waals surface area (Å²) in [7, 11) is -0.171. The molecule has 128 valence electrons. The Bertz CT molecular complexity index is 334. The molecule has 0 saturated carbocycles. The number of nitrogens with zero attached hydrogens (tertiary/aromatic N) is 1. The molecule has 22 heavy (non-hydrogen) atoms. The van der Waals surface area contributed by atoms with E-state index in [-0.39, 0.29) is 41.4 Å². The summed E-state index contributed by atoms with van der Waals surface area (Å²) >= 11 is 0. The minimum atomic E-state index is -4.08. The van der Waals surface area contributed by atoms with E-state index in [1.807, 2.05) is 19.0 Å². The van der Waals surface area contributed by atoms with E-state index in [2.05, 4.69) is 6.92 Å². The predicted molar refractivity (Wildman–Crippen MR) is 88.5 cm³/mol. The van der Waals surface area contributed by atoms with E-state index in [0.717, 1.165) is 12.8 Å². The minimum Gasteiger partial charge on any atom is -0.748 e. The summed E-state index contributed by atoms with van der Waals surface area (Å²) in [5, 5.41) is 0. The standard InChI is InChI=1S/C16H35NO3S.Na/c1-4-5-6-7-8-9-10-11-12-13-16(17(2)3)14-15-21(18,19)20;/h16H,4-15H2,1-3H3,(H,18,19,20);/q;+1/p-1. The minimum absolute atomic E-state index is 0. The maximum absolute atomic E-state index is 10.7. The van der Waals surface area contributed by atoms with E-state index in [0.29, 0.717) is 6.42 Å². The Morgan fingerprint density at radius 2 is 1.32 bits per heavy atom. The van der Waals surface area contributed by atoms with Gasteiger partial charge in [-0.1, -0.05) is 64.7 Å². The average molecular weight is 344 g/mol. The molecule has 1 atom stereocenters. The first kappa shape index (κ1) is 25.1. The normalized spacial score (nSPS) is 13.1. The summed E-state index contributed by atoms with van der Waals surface area (Å²) in [4.78, 5) is 2.04. The average Bonchev–Trinajstić information content (AvgIpc) is 2.38. The van der Waals surface area contributed by atoms with Gasteiger partial charge < -0.3 is 9.45 Å². The van der Waals surface area contributed by atoms with Crippen LogP contribution in [-0.2, 0) is 10.1 Å². The molecule has 0 rings (SSSR count). The second-order valence-electron chi connectivity index (χ2n) is 6.29. The van der Waals surface area contributed by atoms with Crippen LogP contribution >= 0.6 is 0 Å². The molecule has 0 amide bonds. The fraction of sp³-hybridized carbons (Fsp3) is 1.00. The Morgan fingerprint density at radius 3 is 1.73 bits per heavy atom. The molecule has 0 aromatic rings. The number of hydrogen-bond acceptors (Lipinski definition) is 4. The van der Waals surface area contributed by atoms with Crippen molar-refractivity contribution in [2.24, 2.45) is 0 Å². The number of unbranched alkanes of at least 4 members (excludes halogenated alkanes) is 8. The molecule has 0 fully saturated rings. The summed E-state index contributed by atoms with van der Waals surface area (Å²) in [6.07, 6.45) is 13.1. The summed E-state index contributed by atoms with van der Waals surface area (Å²) in [5.74, 6) is -0.243. The zero-order valence-corrected chi connectivity index (χ0v) is 18.0. The molecule has 0 radical (unpaired) electrons. The van der Waals surface area contributed by atoms with Crippen molar-refractivity contribution in [3.63, 3.8) is 0 Å². The zero-order valence-electron chi connectivity index (χ0n) is 15.1. The summed E-state index contributed by atoms with van der Waals surface area (Å²) < 4.78 is 32.1. The van der Waals surface area contributed by atoms with Crippen molar-refractivity contribution in [3.05, 3.63) is 0 Å². The number of hydrogen-bond donors (Lipinski definition) is 0. The van der Waals surface area contributed by atoms with E-state index in [9.17, 15) is 13.0 Å². The van der Waals surface area contributed by atoms with Gasteiger partial charge in [-0.2, -0.15) is 0 Å². The summed E-state index contributed by atoms with van der Waals surface area (Å²) in [5.41, 5.74) is 0. The second kappa shape index (κ2) is 15.4. The van der Waals surface area contributed by atoms with Crippen molar-refractivity contribution in [2.75, 3.05) is 19.8 Å². The van der Waals surface area contributed by atoms with Gasteiger partial charge in [0.1, 0.15) is 0 Å². The van der Waals surface area contributed by atoms with Crippen LogP contribution in [0, 0.1) is 0 Å². The molecule has 0 saturated heterocycles. The smallest absolute Gasteiger partial charge is 0.748 e. The van der Waals surface area contributed by atoms with Crippen LogP contribution in [-0.4, -0.2) is 43.8 Å². The van der Waals surface area contributed by atoms with Crippen molar-refractivity contribution in [3.8, 4) is 0 Å². The molecule has 6 heteroatoms. The molecule has 0 spiro atoms. The number of rotatable bonds is 14. The Morgan fingerprint density at radius 1 is 0.864 bits per heavy atom. The van der Waals surface area contributed by atoms with Crippen LogP contribution in [0.4, 0.5) is 0 Å². The van der Waals surface area contributed by atoms with E-state index in [1.54, 1.807) is 0 Å². The van der Waals surface area contributed by atoms with Crippen molar-refractivity contribution in [1.82, 2.24) is 4.90 Å². The van der Waals surface area contributed by atoms with Gasteiger partial charge in [-0.25, -0.2) is 8.42 Å². The zero-order chi connectivity index (χ0) is 16.1. The van der Waals surface area contributed by atoms with Gasteiger partial charge >= 0.3 is 29.6 Å². The third kappa shape index (κ3) is 17.2. The maximum atomic E-state index is 10.7. The van der Waals surface area contributed by atoms with Crippen LogP contribution in [0.1, 0.15) is 77.6 Å². The van der Waals surface area contributed by atoms with Crippen LogP contribution in [0.15, 0.2) is 0 Å². The van der Waals surface area contributed by atoms with Gasteiger partial charge in [0.15, 0.2) is 0 Å². The molecule has 0 bridgehead atoms. The Labute approximate surface area is 160 Å². The summed E-state index contributed by atoms with van der Waals surface area (Å²) in [6.45, 7) is 2.24. The van der Waals surface area contributed by atoms with Gasteiger partial charge in [0.05, 0.1) is 10.1 Å². The molecular formula is C16H34NNaO3S. The first-order valence-electron chi connectivity index (χ1n) is 8.46. The fourth-order valence-electron chi connectivity index (χ4n) is 2.63. The van der Waals surface area contributed by atoms with Crippen LogP contribution < -0.4 is 29.6 Å². The molecular weight excluding hydrogens is 309 g/mol. The van der Waals surface area contributed by atoms with Crippen molar-refractivity contribution in [1.29, 1.82) is 0 Å². The van der Waals surface area contributed by atoms with Crippen LogP contribution in [0.25, 0.3) is 0 Å². The van der Waals surface area contributed by atoms with Crippen molar-refractivity contribution >= 4 is 10.1 Å². The van der Waals surface area contributed by atoms with Crippen LogP contribution in [0.3, 0.4) is 0 Å². The molecule has 1 unspecified atom stereocenters. The fourth-order valence-corrected chi connectivity index (χ4v) is 3.19. The van der Waals surface area contributed by atoms with E-state index in [4.69, 9.17) is 0 Å². The Kier molecular flexibility index (Phi) is 17.6. The monoisotopic (exact) mass is 343 g/mol. The maximum Gasteiger partial charge on any atom is 1.00 e. The first-order chi connectivity index (χ1) is 9.87. The molecule has 0 aliphatic carbocycles. The second-order valence-corrected chi connectivity index (χ2v) is 7.81. The van der Waals surface area contributed by atoms with Crippen molar-refractivity contribution in [2.45, 2.75) is 83.6 Å². The third-order valence-electron chi connectivity index (χ3n) is 4.07. The van der Waals surface area contributed by atoms with Crippen LogP contribution in [0.5, 0.6) is 0 Å². The van der Waals surface area contributed by atoms with Gasteiger partial charge in [0, 0.05) is 11.8 Å². The van der Waals surface area contributed by atoms with E-state index < -0.39 is 10.1 Å². The van der Waals surface area contributed by atoms with Gasteiger partial charge in [-0.3, -0.25) is 0 Å².